The van der Waals surface area contributed by atoms with Crippen LogP contribution in [-0.2, 0) is 9.53 Å². The highest BCUT2D eigenvalue weighted by Gasteiger charge is 2.16. The predicted octanol–water partition coefficient (Wildman–Crippen LogP) is 4.20. The molecule has 3 rings (SSSR count). The molecule has 0 radical (unpaired) electrons. The van der Waals surface area contributed by atoms with Crippen LogP contribution in [0.2, 0.25) is 0 Å². The Morgan fingerprint density at radius 1 is 0.812 bits per heavy atom. The van der Waals surface area contributed by atoms with Gasteiger partial charge in [-0.1, -0.05) is 60.7 Å². The van der Waals surface area contributed by atoms with Crippen LogP contribution in [0.3, 0.4) is 0 Å². The Morgan fingerprint density at radius 3 is 1.97 bits per heavy atom. The topological polar surface area (TPSA) is 73.9 Å². The maximum Gasteiger partial charge on any atom is 0.338 e. The smallest absolute Gasteiger partial charge is 0.338 e. The van der Waals surface area contributed by atoms with Gasteiger partial charge in [-0.05, 0) is 35.7 Å². The third-order valence-corrected chi connectivity index (χ3v) is 5.11. The summed E-state index contributed by atoms with van der Waals surface area (Å²) >= 11 is 0. The Bertz CT molecular complexity index is 981. The van der Waals surface area contributed by atoms with Crippen LogP contribution < -0.4 is 14.8 Å². The predicted molar refractivity (Wildman–Crippen MR) is 122 cm³/mol. The van der Waals surface area contributed by atoms with E-state index in [9.17, 15) is 9.59 Å². The summed E-state index contributed by atoms with van der Waals surface area (Å²) in [6, 6.07) is 25.1. The Kier molecular flexibility index (Phi) is 8.26. The quantitative estimate of drug-likeness (QED) is 0.485. The van der Waals surface area contributed by atoms with E-state index in [1.165, 1.54) is 31.4 Å². The first kappa shape index (κ1) is 22.9. The van der Waals surface area contributed by atoms with Gasteiger partial charge in [0.1, 0.15) is 0 Å². The second-order valence-corrected chi connectivity index (χ2v) is 7.16. The Labute approximate surface area is 188 Å². The van der Waals surface area contributed by atoms with Gasteiger partial charge in [-0.15, -0.1) is 0 Å². The minimum Gasteiger partial charge on any atom is -0.493 e. The van der Waals surface area contributed by atoms with Gasteiger partial charge >= 0.3 is 5.97 Å². The molecule has 0 fully saturated rings. The van der Waals surface area contributed by atoms with Crippen molar-refractivity contribution < 1.29 is 23.8 Å². The van der Waals surface area contributed by atoms with Crippen LogP contribution in [0, 0.1) is 0 Å². The van der Waals surface area contributed by atoms with Crippen LogP contribution in [0.5, 0.6) is 11.5 Å². The van der Waals surface area contributed by atoms with Gasteiger partial charge in [-0.2, -0.15) is 0 Å². The third-order valence-electron chi connectivity index (χ3n) is 5.11. The van der Waals surface area contributed by atoms with Crippen molar-refractivity contribution in [1.29, 1.82) is 0 Å². The number of nitrogens with one attached hydrogen (secondary N) is 1. The molecule has 6 nitrogen and oxygen atoms in total. The highest BCUT2D eigenvalue weighted by Crippen LogP contribution is 2.28. The summed E-state index contributed by atoms with van der Waals surface area (Å²) in [5, 5.41) is 2.84. The summed E-state index contributed by atoms with van der Waals surface area (Å²) in [6.07, 6.45) is 0.726. The molecule has 166 valence electrons. The van der Waals surface area contributed by atoms with Gasteiger partial charge in [0.2, 0.25) is 0 Å². The molecule has 0 heterocycles. The molecular weight excluding hydrogens is 406 g/mol. The van der Waals surface area contributed by atoms with E-state index in [1.54, 1.807) is 12.1 Å². The molecule has 0 aliphatic heterocycles. The van der Waals surface area contributed by atoms with Crippen molar-refractivity contribution in [1.82, 2.24) is 5.32 Å². The molecule has 6 heteroatoms. The van der Waals surface area contributed by atoms with Gasteiger partial charge in [-0.3, -0.25) is 4.79 Å². The molecule has 3 aromatic rings. The van der Waals surface area contributed by atoms with Gasteiger partial charge in [0.25, 0.3) is 5.91 Å². The lowest BCUT2D eigenvalue weighted by Gasteiger charge is -2.18. The standard InChI is InChI=1S/C26H27NO5/c1-30-23-14-13-21(17-24(23)31-2)26(29)32-18-25(28)27-16-15-22(19-9-5-3-6-10-19)20-11-7-4-8-12-20/h3-14,17,22H,15-16,18H2,1-2H3,(H,27,28). The van der Waals surface area contributed by atoms with Crippen molar-refractivity contribution in [2.45, 2.75) is 12.3 Å². The zero-order chi connectivity index (χ0) is 22.8. The average molecular weight is 434 g/mol. The summed E-state index contributed by atoms with van der Waals surface area (Å²) in [4.78, 5) is 24.5. The van der Waals surface area contributed by atoms with Crippen molar-refractivity contribution in [2.75, 3.05) is 27.4 Å². The fourth-order valence-corrected chi connectivity index (χ4v) is 3.48. The van der Waals surface area contributed by atoms with E-state index < -0.39 is 5.97 Å². The van der Waals surface area contributed by atoms with E-state index in [0.717, 1.165) is 6.42 Å². The first-order valence-corrected chi connectivity index (χ1v) is 10.4. The highest BCUT2D eigenvalue weighted by molar-refractivity contribution is 5.92. The first-order chi connectivity index (χ1) is 15.6. The number of hydrogen-bond acceptors (Lipinski definition) is 5. The van der Waals surface area contributed by atoms with Gasteiger partial charge in [0.05, 0.1) is 19.8 Å². The van der Waals surface area contributed by atoms with Crippen molar-refractivity contribution in [2.24, 2.45) is 0 Å². The van der Waals surface area contributed by atoms with Gasteiger partial charge < -0.3 is 19.5 Å². The van der Waals surface area contributed by atoms with Crippen molar-refractivity contribution in [3.05, 3.63) is 95.6 Å². The van der Waals surface area contributed by atoms with E-state index in [1.807, 2.05) is 36.4 Å². The molecule has 0 spiro atoms. The van der Waals surface area contributed by atoms with Crippen LogP contribution in [0.25, 0.3) is 0 Å². The zero-order valence-corrected chi connectivity index (χ0v) is 18.2. The Morgan fingerprint density at radius 2 is 1.41 bits per heavy atom. The van der Waals surface area contributed by atoms with Crippen molar-refractivity contribution >= 4 is 11.9 Å². The summed E-state index contributed by atoms with van der Waals surface area (Å²) in [5.74, 6) is 0.130. The fourth-order valence-electron chi connectivity index (χ4n) is 3.48. The monoisotopic (exact) mass is 433 g/mol. The van der Waals surface area contributed by atoms with Crippen molar-refractivity contribution in [3.63, 3.8) is 0 Å². The van der Waals surface area contributed by atoms with Crippen LogP contribution in [0.1, 0.15) is 33.8 Å². The number of carbonyl (C=O) groups excluding carboxylic acids is 2. The van der Waals surface area contributed by atoms with E-state index >= 15 is 0 Å². The lowest BCUT2D eigenvalue weighted by molar-refractivity contribution is -0.124. The molecule has 0 aromatic heterocycles. The lowest BCUT2D eigenvalue weighted by atomic mass is 9.88. The minimum atomic E-state index is -0.604. The third kappa shape index (κ3) is 6.11. The summed E-state index contributed by atoms with van der Waals surface area (Å²) in [7, 11) is 3.00. The number of hydrogen-bond donors (Lipinski definition) is 1. The highest BCUT2D eigenvalue weighted by atomic mass is 16.5. The van der Waals surface area contributed by atoms with Gasteiger partial charge in [0.15, 0.2) is 18.1 Å². The fraction of sp³-hybridized carbons (Fsp3) is 0.231. The molecule has 0 saturated heterocycles. The van der Waals surface area contributed by atoms with Crippen LogP contribution >= 0.6 is 0 Å². The van der Waals surface area contributed by atoms with Crippen LogP contribution in [-0.4, -0.2) is 39.2 Å². The van der Waals surface area contributed by atoms with Gasteiger partial charge in [-0.25, -0.2) is 4.79 Å². The molecule has 1 N–H and O–H groups in total. The lowest BCUT2D eigenvalue weighted by Crippen LogP contribution is -2.30. The summed E-state index contributed by atoms with van der Waals surface area (Å²) < 4.78 is 15.5. The number of benzene rings is 3. The molecule has 0 atom stereocenters. The van der Waals surface area contributed by atoms with E-state index in [4.69, 9.17) is 14.2 Å². The first-order valence-electron chi connectivity index (χ1n) is 10.4. The molecule has 0 aliphatic rings. The minimum absolute atomic E-state index is 0.159. The number of ether oxygens (including phenoxy) is 3. The molecule has 0 unspecified atom stereocenters. The van der Waals surface area contributed by atoms with E-state index in [0.29, 0.717) is 18.0 Å². The van der Waals surface area contributed by atoms with Crippen LogP contribution in [0.4, 0.5) is 0 Å². The normalized spacial score (nSPS) is 10.5. The number of methoxy groups -OCH3 is 2. The summed E-state index contributed by atoms with van der Waals surface area (Å²) in [5.41, 5.74) is 2.66. The number of amides is 1. The Balaban J connectivity index is 1.52. The molecule has 0 aliphatic carbocycles. The molecular formula is C26H27NO5. The van der Waals surface area contributed by atoms with E-state index in [-0.39, 0.29) is 24.0 Å². The zero-order valence-electron chi connectivity index (χ0n) is 18.2. The molecule has 0 saturated carbocycles. The maximum absolute atomic E-state index is 12.3. The maximum atomic E-state index is 12.3. The van der Waals surface area contributed by atoms with E-state index in [2.05, 4.69) is 29.6 Å². The number of carbonyl (C=O) groups is 2. The second-order valence-electron chi connectivity index (χ2n) is 7.16. The second kappa shape index (κ2) is 11.6. The average Bonchev–Trinajstić information content (AvgIpc) is 2.85. The largest absolute Gasteiger partial charge is 0.493 e. The van der Waals surface area contributed by atoms with Gasteiger partial charge in [0, 0.05) is 12.5 Å². The molecule has 3 aromatic carbocycles. The number of rotatable bonds is 10. The molecule has 32 heavy (non-hydrogen) atoms. The summed E-state index contributed by atoms with van der Waals surface area (Å²) in [6.45, 7) is 0.107. The molecule has 1 amide bonds. The van der Waals surface area contributed by atoms with Crippen LogP contribution in [0.15, 0.2) is 78.9 Å². The Hall–Kier alpha value is -3.80. The van der Waals surface area contributed by atoms with Crippen molar-refractivity contribution in [3.8, 4) is 11.5 Å². The molecule has 0 bridgehead atoms. The SMILES string of the molecule is COc1ccc(C(=O)OCC(=O)NCCC(c2ccccc2)c2ccccc2)cc1OC. The number of esters is 1.